The molecule has 32 heteroatoms. The molecule has 0 spiro atoms. The van der Waals surface area contributed by atoms with Gasteiger partial charge in [0, 0.05) is 118 Å². The van der Waals surface area contributed by atoms with Gasteiger partial charge in [-0.25, -0.2) is 69.0 Å². The van der Waals surface area contributed by atoms with E-state index in [9.17, 15) is 24.3 Å². The van der Waals surface area contributed by atoms with E-state index in [0.29, 0.717) is 118 Å². The second-order valence-corrected chi connectivity index (χ2v) is 36.0. The molecule has 32 nitrogen and oxygen atoms in total. The number of imidazole rings is 6. The highest BCUT2D eigenvalue weighted by Gasteiger charge is 2.25. The Kier molecular flexibility index (Phi) is 25.5. The summed E-state index contributed by atoms with van der Waals surface area (Å²) in [5.41, 5.74) is 26.0. The molecule has 140 heavy (non-hydrogen) atoms. The molecule has 0 unspecified atom stereocenters. The molecule has 0 fully saturated rings. The molecule has 8 aromatic carbocycles. The molecule has 0 radical (unpaired) electrons. The van der Waals surface area contributed by atoms with Crippen LogP contribution in [0.25, 0.3) is 147 Å². The lowest BCUT2D eigenvalue weighted by Gasteiger charge is -2.11. The normalized spacial score (nSPS) is 11.6. The third kappa shape index (κ3) is 17.9. The molecule has 0 aliphatic carbocycles. The summed E-state index contributed by atoms with van der Waals surface area (Å²) < 4.78 is 20.6. The lowest BCUT2D eigenvalue weighted by atomic mass is 9.97. The largest absolute Gasteiger partial charge is 0.390 e. The Balaban J connectivity index is 0.000000119. The predicted molar refractivity (Wildman–Crippen MR) is 543 cm³/mol. The zero-order chi connectivity index (χ0) is 97.4. The van der Waals surface area contributed by atoms with Gasteiger partial charge in [-0.3, -0.25) is 50.6 Å². The first-order valence-electron chi connectivity index (χ1n) is 46.3. The zero-order valence-corrected chi connectivity index (χ0v) is 80.1. The minimum absolute atomic E-state index is 0.0824. The van der Waals surface area contributed by atoms with Crippen molar-refractivity contribution in [1.82, 2.24) is 130 Å². The number of aryl methyl sites for hydroxylation is 6. The van der Waals surface area contributed by atoms with Crippen molar-refractivity contribution in [3.63, 3.8) is 0 Å². The number of aromatic nitrogens is 27. The predicted octanol–water partition coefficient (Wildman–Crippen LogP) is 17.0. The topological polar surface area (TPSA) is 340 Å². The second-order valence-electron chi connectivity index (χ2n) is 36.0. The van der Waals surface area contributed by atoms with Gasteiger partial charge in [0.15, 0.2) is 63.0 Å². The maximum absolute atomic E-state index is 13.2. The van der Waals surface area contributed by atoms with Gasteiger partial charge < -0.3 is 14.1 Å². The number of nitrogens with zero attached hydrogens (tertiary/aromatic N) is 27. The minimum Gasteiger partial charge on any atom is -0.390 e. The molecule has 700 valence electrons. The van der Waals surface area contributed by atoms with Gasteiger partial charge in [0.05, 0.1) is 81.5 Å². The van der Waals surface area contributed by atoms with Crippen LogP contribution in [-0.4, -0.2) is 135 Å². The van der Waals surface area contributed by atoms with E-state index >= 15 is 0 Å². The quantitative estimate of drug-likeness (QED) is 0.0698. The van der Waals surface area contributed by atoms with Crippen molar-refractivity contribution in [3.05, 3.63) is 373 Å². The Labute approximate surface area is 804 Å². The van der Waals surface area contributed by atoms with Crippen LogP contribution in [0.15, 0.2) is 300 Å². The first-order chi connectivity index (χ1) is 67.8. The van der Waals surface area contributed by atoms with E-state index in [0.717, 1.165) is 107 Å². The van der Waals surface area contributed by atoms with Gasteiger partial charge >= 0.3 is 22.8 Å². The number of rotatable bonds is 21. The van der Waals surface area contributed by atoms with Crippen molar-refractivity contribution in [2.45, 2.75) is 112 Å². The Morgan fingerprint density at radius 2 is 0.671 bits per heavy atom. The van der Waals surface area contributed by atoms with E-state index in [1.807, 2.05) is 240 Å². The summed E-state index contributed by atoms with van der Waals surface area (Å²) in [5, 5.41) is 26.4. The molecule has 0 saturated carbocycles. The Morgan fingerprint density at radius 1 is 0.329 bits per heavy atom. The van der Waals surface area contributed by atoms with Gasteiger partial charge in [-0.1, -0.05) is 261 Å². The fraction of sp³-hybridized carbons (Fsp3) is 0.213. The number of pyridine rings is 1. The average Bonchev–Trinajstić information content (AvgIpc) is 1.62. The molecule has 0 bridgehead atoms. The Morgan fingerprint density at radius 3 is 1.03 bits per heavy atom. The van der Waals surface area contributed by atoms with Crippen molar-refractivity contribution < 1.29 is 5.11 Å². The molecule has 0 saturated heterocycles. The number of aliphatic hydroxyl groups excluding tert-OH is 1. The Bertz CT molecular complexity index is 8620. The monoisotopic (exact) mass is 1860 g/mol. The fourth-order valence-electron chi connectivity index (χ4n) is 17.9. The number of hydrogen-bond donors (Lipinski definition) is 1. The van der Waals surface area contributed by atoms with Gasteiger partial charge in [0.1, 0.15) is 33.5 Å². The molecule has 1 N–H and O–H groups in total. The van der Waals surface area contributed by atoms with Crippen LogP contribution in [-0.2, 0) is 75.1 Å². The molecule has 22 aromatic rings. The standard InChI is InChI=1S/2C28H25N7O.C27H28N6O2.C25H25N7O/c1-18(2)21-8-4-5-9-22(21)25-29-16-23-27(30-25)35(28(36)33(23)3)17-19-11-13-20(14-12-19)26-32-31-24-10-6-7-15-34(24)26;1-18(2)21-6-4-5-7-22(21)25-31-16-23-26(32-25)35(28(36)33(23)3)17-19-8-10-20(11-9-19)24-27-30-13-15-34(27)14-12-29-24;1-17(2)20-7-5-6-8-21(20)25-28-13-22-26(30-25)33(27(35)32(22)4)14-18-9-11-19(12-10-18)24-23(15-34)31(3)16-29-24;1-16(2)19-7-5-6-8-20(19)23-26-13-22-24(27-23)32(25(33)31(22)4)14-17-9-11-18(12-10-17)21-15-30(3)29-28-21/h2*4-16,18H,17H2,1-3H3;5-13,16-17,34H,14-15H2,1-4H3;5-13,15-16H,14H2,1-4H3. The summed E-state index contributed by atoms with van der Waals surface area (Å²) in [6, 6.07) is 70.4. The molecule has 14 heterocycles. The van der Waals surface area contributed by atoms with Gasteiger partial charge in [-0.05, 0) is 80.3 Å². The van der Waals surface area contributed by atoms with Crippen LogP contribution in [0.4, 0.5) is 0 Å². The molecular formula is C108H103N27O5. The van der Waals surface area contributed by atoms with Gasteiger partial charge in [0.25, 0.3) is 0 Å². The summed E-state index contributed by atoms with van der Waals surface area (Å²) in [7, 11) is 10.7. The molecule has 0 aliphatic heterocycles. The maximum Gasteiger partial charge on any atom is 0.330 e. The molecule has 22 rings (SSSR count). The third-order valence-corrected chi connectivity index (χ3v) is 25.6. The van der Waals surface area contributed by atoms with Crippen LogP contribution < -0.4 is 22.8 Å². The summed E-state index contributed by atoms with van der Waals surface area (Å²) in [6.07, 6.45) is 19.8. The van der Waals surface area contributed by atoms with Crippen LogP contribution in [0.5, 0.6) is 0 Å². The van der Waals surface area contributed by atoms with Gasteiger partial charge in [-0.2, -0.15) is 0 Å². The smallest absolute Gasteiger partial charge is 0.330 e. The highest BCUT2D eigenvalue weighted by Crippen LogP contribution is 2.35. The lowest BCUT2D eigenvalue weighted by molar-refractivity contribution is 0.273. The number of hydrogen-bond acceptors (Lipinski definition) is 20. The van der Waals surface area contributed by atoms with Crippen LogP contribution in [0.3, 0.4) is 0 Å². The minimum atomic E-state index is -0.139. The molecule has 0 aliphatic rings. The first-order valence-corrected chi connectivity index (χ1v) is 46.3. The molecule has 0 amide bonds. The fourth-order valence-corrected chi connectivity index (χ4v) is 17.9. The third-order valence-electron chi connectivity index (χ3n) is 25.6. The van der Waals surface area contributed by atoms with Crippen molar-refractivity contribution in [2.24, 2.45) is 42.3 Å². The van der Waals surface area contributed by atoms with Crippen LogP contribution >= 0.6 is 0 Å². The molecule has 14 aromatic heterocycles. The maximum atomic E-state index is 13.2. The van der Waals surface area contributed by atoms with E-state index in [4.69, 9.17) is 19.9 Å². The average molecular weight is 1860 g/mol. The van der Waals surface area contributed by atoms with Gasteiger partial charge in [-0.15, -0.1) is 15.3 Å². The van der Waals surface area contributed by atoms with Crippen LogP contribution in [0, 0.1) is 0 Å². The molecule has 0 atom stereocenters. The Hall–Kier alpha value is -17.3. The van der Waals surface area contributed by atoms with Gasteiger partial charge in [0.2, 0.25) is 0 Å². The van der Waals surface area contributed by atoms with E-state index in [2.05, 4.69) is 135 Å². The van der Waals surface area contributed by atoms with Crippen molar-refractivity contribution in [2.75, 3.05) is 0 Å². The summed E-state index contributed by atoms with van der Waals surface area (Å²) >= 11 is 0. The first kappa shape index (κ1) is 91.8. The summed E-state index contributed by atoms with van der Waals surface area (Å²) in [6.45, 7) is 18.7. The van der Waals surface area contributed by atoms with Crippen molar-refractivity contribution in [1.29, 1.82) is 0 Å². The summed E-state index contributed by atoms with van der Waals surface area (Å²) in [4.78, 5) is 104. The number of benzene rings is 8. The van der Waals surface area contributed by atoms with Crippen LogP contribution in [0.2, 0.25) is 0 Å². The highest BCUT2D eigenvalue weighted by atomic mass is 16.3. The number of fused-ring (bicyclic) bond motifs is 6. The van der Waals surface area contributed by atoms with E-state index in [1.54, 1.807) is 113 Å². The number of aliphatic hydroxyl groups is 1. The highest BCUT2D eigenvalue weighted by molar-refractivity contribution is 5.80. The van der Waals surface area contributed by atoms with E-state index in [1.165, 1.54) is 22.3 Å². The zero-order valence-electron chi connectivity index (χ0n) is 80.1. The van der Waals surface area contributed by atoms with E-state index in [-0.39, 0.29) is 29.4 Å². The second kappa shape index (κ2) is 38.8. The molecular weight excluding hydrogens is 1760 g/mol. The van der Waals surface area contributed by atoms with E-state index < -0.39 is 0 Å². The van der Waals surface area contributed by atoms with Crippen molar-refractivity contribution in [3.8, 4) is 90.7 Å². The lowest BCUT2D eigenvalue weighted by Crippen LogP contribution is -2.22. The van der Waals surface area contributed by atoms with Crippen molar-refractivity contribution >= 4 is 55.9 Å². The van der Waals surface area contributed by atoms with Crippen LogP contribution in [0.1, 0.15) is 129 Å². The SMILES string of the molecule is CC(C)c1ccccc1-c1ncc2c(n1)n(Cc1ccc(-c3cn(C)nn3)cc1)c(=O)n2C.CC(C)c1ccccc1-c1ncc2c(n1)n(Cc1ccc(-c3nccn4ccnc34)cc1)c(=O)n2C.CC(C)c1ccccc1-c1ncc2c(n1)n(Cc1ccc(-c3ncn(C)c3CO)cc1)c(=O)n2C.CC(C)c1ccccc1-c1ncc2c(n1)n(Cc1ccc(-c3nnc4ccccn34)cc1)c(=O)n2C. The summed E-state index contributed by atoms with van der Waals surface area (Å²) in [5.74, 6) is 4.60.